The van der Waals surface area contributed by atoms with Crippen LogP contribution in [0.3, 0.4) is 0 Å². The molecular weight excluding hydrogens is 138 g/mol. The minimum Gasteiger partial charge on any atom is -0.480 e. The Balaban J connectivity index is 3.40. The quantitative estimate of drug-likeness (QED) is 0.364. The minimum absolute atomic E-state index is 0.00648. The summed E-state index contributed by atoms with van der Waals surface area (Å²) in [6.45, 7) is 0. The molecule has 0 aromatic carbocycles. The zero-order valence-electron chi connectivity index (χ0n) is 5.40. The van der Waals surface area contributed by atoms with Crippen molar-refractivity contribution in [3.8, 4) is 0 Å². The largest absolute Gasteiger partial charge is 0.480 e. The van der Waals surface area contributed by atoms with Crippen molar-refractivity contribution in [1.82, 2.24) is 0 Å². The van der Waals surface area contributed by atoms with E-state index in [1.807, 2.05) is 0 Å². The first-order valence-electron chi connectivity index (χ1n) is 2.88. The fourth-order valence-electron chi connectivity index (χ4n) is 0.452. The van der Waals surface area contributed by atoms with E-state index in [9.17, 15) is 4.79 Å². The second kappa shape index (κ2) is 4.21. The third-order valence-electron chi connectivity index (χ3n) is 1.05. The molecule has 5 N–H and O–H groups in total. The second-order valence-electron chi connectivity index (χ2n) is 2.00. The summed E-state index contributed by atoms with van der Waals surface area (Å²) in [4.78, 5) is 10.0. The van der Waals surface area contributed by atoms with Gasteiger partial charge >= 0.3 is 5.97 Å². The summed E-state index contributed by atoms with van der Waals surface area (Å²) < 4.78 is 0. The number of aliphatic carboxylic acids is 1. The second-order valence-corrected chi connectivity index (χ2v) is 2.00. The van der Waals surface area contributed by atoms with Crippen LogP contribution in [0, 0.1) is 0 Å². The van der Waals surface area contributed by atoms with Crippen molar-refractivity contribution in [3.05, 3.63) is 0 Å². The van der Waals surface area contributed by atoms with Gasteiger partial charge in [-0.25, -0.2) is 0 Å². The van der Waals surface area contributed by atoms with Crippen LogP contribution in [0.5, 0.6) is 0 Å². The zero-order chi connectivity index (χ0) is 8.15. The summed E-state index contributed by atoms with van der Waals surface area (Å²) in [5, 5.41) is 24.8. The number of carboxylic acids is 1. The van der Waals surface area contributed by atoms with Gasteiger partial charge in [0.05, 0.1) is 0 Å². The Labute approximate surface area is 58.1 Å². The van der Waals surface area contributed by atoms with Crippen molar-refractivity contribution in [2.45, 2.75) is 25.2 Å². The average molecular weight is 149 g/mol. The first-order valence-corrected chi connectivity index (χ1v) is 2.88. The van der Waals surface area contributed by atoms with Crippen molar-refractivity contribution in [2.24, 2.45) is 5.73 Å². The smallest absolute Gasteiger partial charge is 0.320 e. The number of hydrogen-bond acceptors (Lipinski definition) is 4. The molecule has 0 radical (unpaired) electrons. The Morgan fingerprint density at radius 3 is 2.20 bits per heavy atom. The number of nitrogens with two attached hydrogens (primary N) is 1. The minimum atomic E-state index is -1.47. The summed E-state index contributed by atoms with van der Waals surface area (Å²) in [7, 11) is 0. The van der Waals surface area contributed by atoms with E-state index in [0.29, 0.717) is 0 Å². The monoisotopic (exact) mass is 149 g/mol. The van der Waals surface area contributed by atoms with Crippen LogP contribution in [0.2, 0.25) is 0 Å². The number of aliphatic hydroxyl groups excluding tert-OH is 1. The lowest BCUT2D eigenvalue weighted by Crippen LogP contribution is -2.30. The third-order valence-corrected chi connectivity index (χ3v) is 1.05. The lowest BCUT2D eigenvalue weighted by atomic mass is 10.2. The van der Waals surface area contributed by atoms with E-state index in [2.05, 4.69) is 0 Å². The van der Waals surface area contributed by atoms with E-state index >= 15 is 0 Å². The molecule has 0 spiro atoms. The van der Waals surface area contributed by atoms with Gasteiger partial charge in [-0.2, -0.15) is 0 Å². The Hall–Kier alpha value is -0.650. The van der Waals surface area contributed by atoms with Crippen molar-refractivity contribution in [2.75, 3.05) is 0 Å². The van der Waals surface area contributed by atoms with Gasteiger partial charge in [-0.05, 0) is 12.8 Å². The summed E-state index contributed by atoms with van der Waals surface area (Å²) in [6.07, 6.45) is -1.40. The molecule has 0 rings (SSSR count). The van der Waals surface area contributed by atoms with E-state index in [-0.39, 0.29) is 12.8 Å². The molecule has 0 aliphatic carbocycles. The number of rotatable bonds is 4. The molecule has 0 fully saturated rings. The molecule has 0 bridgehead atoms. The molecule has 0 amide bonds. The molecule has 60 valence electrons. The van der Waals surface area contributed by atoms with E-state index in [1.54, 1.807) is 0 Å². The van der Waals surface area contributed by atoms with Gasteiger partial charge in [-0.15, -0.1) is 0 Å². The van der Waals surface area contributed by atoms with Crippen LogP contribution in [-0.4, -0.2) is 33.6 Å². The van der Waals surface area contributed by atoms with E-state index in [4.69, 9.17) is 21.1 Å². The fourth-order valence-corrected chi connectivity index (χ4v) is 0.452. The normalized spacial score (nSPS) is 13.6. The van der Waals surface area contributed by atoms with Crippen molar-refractivity contribution in [1.29, 1.82) is 0 Å². The molecule has 0 aliphatic rings. The lowest BCUT2D eigenvalue weighted by molar-refractivity contribution is -0.139. The number of aliphatic hydroxyl groups is 2. The molecular formula is C5H11NO4. The number of carbonyl (C=O) groups is 1. The predicted octanol–water partition coefficient (Wildman–Crippen LogP) is -1.51. The van der Waals surface area contributed by atoms with Crippen LogP contribution in [0.1, 0.15) is 12.8 Å². The highest BCUT2D eigenvalue weighted by molar-refractivity contribution is 5.72. The van der Waals surface area contributed by atoms with Gasteiger partial charge in [0, 0.05) is 0 Å². The Morgan fingerprint density at radius 1 is 1.40 bits per heavy atom. The molecule has 5 heteroatoms. The van der Waals surface area contributed by atoms with Crippen molar-refractivity contribution in [3.63, 3.8) is 0 Å². The first-order chi connectivity index (χ1) is 4.54. The fraction of sp³-hybridized carbons (Fsp3) is 0.800. The van der Waals surface area contributed by atoms with Gasteiger partial charge in [-0.1, -0.05) is 0 Å². The lowest BCUT2D eigenvalue weighted by Gasteiger charge is -2.06. The first kappa shape index (κ1) is 9.35. The molecule has 1 atom stereocenters. The van der Waals surface area contributed by atoms with Crippen LogP contribution in [0.4, 0.5) is 0 Å². The van der Waals surface area contributed by atoms with Crippen LogP contribution < -0.4 is 5.73 Å². The summed E-state index contributed by atoms with van der Waals surface area (Å²) >= 11 is 0. The Kier molecular flexibility index (Phi) is 3.94. The molecule has 0 aromatic heterocycles. The van der Waals surface area contributed by atoms with Crippen molar-refractivity contribution < 1.29 is 20.1 Å². The maximum absolute atomic E-state index is 10.0. The standard InChI is InChI=1S/C5H11NO4/c6-3(5(9)10)1-2-4(7)8/h3-4,7-8H,1-2,6H2,(H,9,10)/t3-/m1/s1. The SMILES string of the molecule is N[C@H](CCC(O)O)C(=O)O. The molecule has 0 aliphatic heterocycles. The molecule has 10 heavy (non-hydrogen) atoms. The number of hydrogen-bond donors (Lipinski definition) is 4. The van der Waals surface area contributed by atoms with Gasteiger partial charge < -0.3 is 21.1 Å². The van der Waals surface area contributed by atoms with Gasteiger partial charge in [0.2, 0.25) is 0 Å². The third kappa shape index (κ3) is 4.25. The van der Waals surface area contributed by atoms with Crippen LogP contribution >= 0.6 is 0 Å². The van der Waals surface area contributed by atoms with Gasteiger partial charge in [-0.3, -0.25) is 4.79 Å². The van der Waals surface area contributed by atoms with Gasteiger partial charge in [0.15, 0.2) is 6.29 Å². The van der Waals surface area contributed by atoms with Crippen LogP contribution in [0.15, 0.2) is 0 Å². The highest BCUT2D eigenvalue weighted by atomic mass is 16.5. The summed E-state index contributed by atoms with van der Waals surface area (Å²) in [6, 6.07) is -0.998. The zero-order valence-corrected chi connectivity index (χ0v) is 5.40. The van der Waals surface area contributed by atoms with Crippen LogP contribution in [-0.2, 0) is 4.79 Å². The predicted molar refractivity (Wildman–Crippen MR) is 33.1 cm³/mol. The molecule has 0 saturated heterocycles. The van der Waals surface area contributed by atoms with Gasteiger partial charge in [0.25, 0.3) is 0 Å². The maximum Gasteiger partial charge on any atom is 0.320 e. The highest BCUT2D eigenvalue weighted by Crippen LogP contribution is 1.96. The summed E-state index contributed by atoms with van der Waals surface area (Å²) in [5.74, 6) is -1.12. The van der Waals surface area contributed by atoms with E-state index < -0.39 is 18.3 Å². The molecule has 0 heterocycles. The Morgan fingerprint density at radius 2 is 1.90 bits per heavy atom. The van der Waals surface area contributed by atoms with Crippen molar-refractivity contribution >= 4 is 5.97 Å². The maximum atomic E-state index is 10.0. The van der Waals surface area contributed by atoms with Gasteiger partial charge in [0.1, 0.15) is 6.04 Å². The number of carboxylic acid groups (broad SMARTS) is 1. The molecule has 0 unspecified atom stereocenters. The molecule has 5 nitrogen and oxygen atoms in total. The highest BCUT2D eigenvalue weighted by Gasteiger charge is 2.11. The van der Waals surface area contributed by atoms with E-state index in [0.717, 1.165) is 0 Å². The van der Waals surface area contributed by atoms with E-state index in [1.165, 1.54) is 0 Å². The Bertz CT molecular complexity index is 114. The molecule has 0 aromatic rings. The topological polar surface area (TPSA) is 104 Å². The molecule has 0 saturated carbocycles. The average Bonchev–Trinajstić information content (AvgIpc) is 1.82. The summed E-state index contributed by atoms with van der Waals surface area (Å²) in [5.41, 5.74) is 5.04. The van der Waals surface area contributed by atoms with Crippen LogP contribution in [0.25, 0.3) is 0 Å².